The van der Waals surface area contributed by atoms with Crippen molar-refractivity contribution in [2.75, 3.05) is 11.1 Å². The molecule has 1 aromatic rings. The molecule has 1 amide bonds. The first kappa shape index (κ1) is 13.1. The number of amides is 1. The van der Waals surface area contributed by atoms with Crippen LogP contribution >= 0.6 is 11.5 Å². The van der Waals surface area contributed by atoms with Gasteiger partial charge in [-0.05, 0) is 38.2 Å². The van der Waals surface area contributed by atoms with Crippen LogP contribution in [-0.2, 0) is 0 Å². The molecule has 5 nitrogen and oxygen atoms in total. The highest BCUT2D eigenvalue weighted by Gasteiger charge is 2.23. The van der Waals surface area contributed by atoms with E-state index in [2.05, 4.69) is 15.0 Å². The maximum atomic E-state index is 12.1. The Morgan fingerprint density at radius 2 is 2.11 bits per heavy atom. The summed E-state index contributed by atoms with van der Waals surface area (Å²) in [4.78, 5) is 12.1. The lowest BCUT2D eigenvalue weighted by molar-refractivity contribution is 0.0945. The molecule has 2 rings (SSSR count). The van der Waals surface area contributed by atoms with E-state index in [-0.39, 0.29) is 11.9 Å². The van der Waals surface area contributed by atoms with Gasteiger partial charge in [0.05, 0.1) is 0 Å². The summed E-state index contributed by atoms with van der Waals surface area (Å²) >= 11 is 1.27. The van der Waals surface area contributed by atoms with E-state index >= 15 is 0 Å². The number of carbonyl (C=O) groups is 1. The number of hydrogen-bond donors (Lipinski definition) is 3. The van der Waals surface area contributed by atoms with Crippen molar-refractivity contribution in [1.82, 2.24) is 9.69 Å². The first-order chi connectivity index (χ1) is 8.58. The van der Waals surface area contributed by atoms with Crippen LogP contribution in [0, 0.1) is 0 Å². The Balaban J connectivity index is 2.12. The van der Waals surface area contributed by atoms with Crippen LogP contribution < -0.4 is 16.4 Å². The number of hydrogen-bond acceptors (Lipinski definition) is 5. The average Bonchev–Trinajstić information content (AvgIpc) is 2.88. The smallest absolute Gasteiger partial charge is 0.258 e. The normalized spacial score (nSPS) is 16.2. The predicted octanol–water partition coefficient (Wildman–Crippen LogP) is 2.22. The zero-order chi connectivity index (χ0) is 13.1. The van der Waals surface area contributed by atoms with Crippen molar-refractivity contribution in [2.24, 2.45) is 0 Å². The van der Waals surface area contributed by atoms with Crippen molar-refractivity contribution in [2.45, 2.75) is 51.6 Å². The van der Waals surface area contributed by atoms with E-state index in [9.17, 15) is 4.79 Å². The van der Waals surface area contributed by atoms with Crippen molar-refractivity contribution >= 4 is 28.3 Å². The predicted molar refractivity (Wildman–Crippen MR) is 75.0 cm³/mol. The van der Waals surface area contributed by atoms with Gasteiger partial charge in [-0.2, -0.15) is 4.37 Å². The Bertz CT molecular complexity index is 424. The molecule has 0 saturated heterocycles. The summed E-state index contributed by atoms with van der Waals surface area (Å²) < 4.78 is 4.08. The maximum Gasteiger partial charge on any atom is 0.258 e. The molecule has 100 valence electrons. The van der Waals surface area contributed by atoms with Crippen molar-refractivity contribution in [1.29, 1.82) is 0 Å². The second kappa shape index (κ2) is 5.56. The molecule has 1 saturated carbocycles. The van der Waals surface area contributed by atoms with Crippen LogP contribution in [0.5, 0.6) is 0 Å². The average molecular weight is 268 g/mol. The minimum Gasteiger partial charge on any atom is -0.382 e. The van der Waals surface area contributed by atoms with Crippen LogP contribution in [0.3, 0.4) is 0 Å². The van der Waals surface area contributed by atoms with Gasteiger partial charge in [0.15, 0.2) is 5.82 Å². The molecule has 1 aliphatic carbocycles. The Hall–Kier alpha value is -1.30. The van der Waals surface area contributed by atoms with Crippen molar-refractivity contribution in [3.05, 3.63) is 5.56 Å². The summed E-state index contributed by atoms with van der Waals surface area (Å²) in [6.07, 6.45) is 4.81. The number of nitrogens with one attached hydrogen (secondary N) is 2. The van der Waals surface area contributed by atoms with E-state index in [1.54, 1.807) is 0 Å². The SMILES string of the molecule is CC(C)NC(=O)c1c(N)nsc1NC1CCCC1. The van der Waals surface area contributed by atoms with Crippen LogP contribution in [0.15, 0.2) is 0 Å². The Labute approximate surface area is 111 Å². The second-order valence-electron chi connectivity index (χ2n) is 5.03. The lowest BCUT2D eigenvalue weighted by Crippen LogP contribution is -2.31. The summed E-state index contributed by atoms with van der Waals surface area (Å²) in [5, 5.41) is 7.06. The lowest BCUT2D eigenvalue weighted by atomic mass is 10.2. The van der Waals surface area contributed by atoms with Gasteiger partial charge in [-0.1, -0.05) is 12.8 Å². The van der Waals surface area contributed by atoms with E-state index < -0.39 is 0 Å². The summed E-state index contributed by atoms with van der Waals surface area (Å²) in [6.45, 7) is 3.86. The van der Waals surface area contributed by atoms with E-state index in [4.69, 9.17) is 5.73 Å². The van der Waals surface area contributed by atoms with Gasteiger partial charge in [0, 0.05) is 12.1 Å². The Morgan fingerprint density at radius 1 is 1.44 bits per heavy atom. The molecule has 4 N–H and O–H groups in total. The Kier molecular flexibility index (Phi) is 4.06. The summed E-state index contributed by atoms with van der Waals surface area (Å²) in [6, 6.07) is 0.548. The lowest BCUT2D eigenvalue weighted by Gasteiger charge is -2.14. The molecule has 0 bridgehead atoms. The highest BCUT2D eigenvalue weighted by atomic mass is 32.1. The fourth-order valence-corrected chi connectivity index (χ4v) is 3.00. The zero-order valence-electron chi connectivity index (χ0n) is 10.8. The molecule has 1 aliphatic rings. The third kappa shape index (κ3) is 2.93. The zero-order valence-corrected chi connectivity index (χ0v) is 11.6. The van der Waals surface area contributed by atoms with Gasteiger partial charge >= 0.3 is 0 Å². The molecule has 18 heavy (non-hydrogen) atoms. The molecule has 1 fully saturated rings. The minimum atomic E-state index is -0.142. The molecule has 0 atom stereocenters. The topological polar surface area (TPSA) is 80.0 Å². The first-order valence-electron chi connectivity index (χ1n) is 6.40. The van der Waals surface area contributed by atoms with Crippen LogP contribution in [0.2, 0.25) is 0 Å². The molecule has 1 heterocycles. The van der Waals surface area contributed by atoms with E-state index in [0.29, 0.717) is 17.4 Å². The molecule has 0 unspecified atom stereocenters. The molecule has 0 radical (unpaired) electrons. The van der Waals surface area contributed by atoms with E-state index in [1.165, 1.54) is 24.4 Å². The standard InChI is InChI=1S/C12H20N4OS/c1-7(2)14-11(17)9-10(13)16-18-12(9)15-8-5-3-4-6-8/h7-8,15H,3-6H2,1-2H3,(H2,13,16)(H,14,17). The van der Waals surface area contributed by atoms with Crippen molar-refractivity contribution in [3.8, 4) is 0 Å². The number of nitrogen functional groups attached to an aromatic ring is 1. The molecular weight excluding hydrogens is 248 g/mol. The van der Waals surface area contributed by atoms with Crippen LogP contribution in [0.1, 0.15) is 49.9 Å². The van der Waals surface area contributed by atoms with E-state index in [0.717, 1.165) is 17.8 Å². The molecular formula is C12H20N4OS. The van der Waals surface area contributed by atoms with Gasteiger partial charge in [0.1, 0.15) is 10.6 Å². The van der Waals surface area contributed by atoms with Crippen LogP contribution in [-0.4, -0.2) is 22.4 Å². The van der Waals surface area contributed by atoms with Crippen LogP contribution in [0.4, 0.5) is 10.8 Å². The van der Waals surface area contributed by atoms with Crippen LogP contribution in [0.25, 0.3) is 0 Å². The quantitative estimate of drug-likeness (QED) is 0.782. The number of anilines is 2. The molecule has 0 aromatic carbocycles. The summed E-state index contributed by atoms with van der Waals surface area (Å²) in [5.74, 6) is 0.176. The number of nitrogens with two attached hydrogens (primary N) is 1. The summed E-state index contributed by atoms with van der Waals surface area (Å²) in [5.41, 5.74) is 6.29. The van der Waals surface area contributed by atoms with Gasteiger partial charge in [0.25, 0.3) is 5.91 Å². The molecule has 6 heteroatoms. The highest BCUT2D eigenvalue weighted by molar-refractivity contribution is 7.11. The van der Waals surface area contributed by atoms with Gasteiger partial charge in [-0.15, -0.1) is 0 Å². The number of carbonyl (C=O) groups excluding carboxylic acids is 1. The minimum absolute atomic E-state index is 0.0936. The van der Waals surface area contributed by atoms with Gasteiger partial charge < -0.3 is 16.4 Å². The first-order valence-corrected chi connectivity index (χ1v) is 7.18. The molecule has 1 aromatic heterocycles. The fraction of sp³-hybridized carbons (Fsp3) is 0.667. The fourth-order valence-electron chi connectivity index (χ4n) is 2.21. The van der Waals surface area contributed by atoms with Gasteiger partial charge in [-0.3, -0.25) is 4.79 Å². The maximum absolute atomic E-state index is 12.1. The highest BCUT2D eigenvalue weighted by Crippen LogP contribution is 2.30. The second-order valence-corrected chi connectivity index (χ2v) is 5.80. The summed E-state index contributed by atoms with van der Waals surface area (Å²) in [7, 11) is 0. The third-order valence-corrected chi connectivity index (χ3v) is 3.85. The molecule has 0 spiro atoms. The van der Waals surface area contributed by atoms with Gasteiger partial charge in [-0.25, -0.2) is 0 Å². The number of aromatic nitrogens is 1. The Morgan fingerprint density at radius 3 is 2.72 bits per heavy atom. The number of rotatable bonds is 4. The molecule has 0 aliphatic heterocycles. The third-order valence-electron chi connectivity index (χ3n) is 3.06. The van der Waals surface area contributed by atoms with E-state index in [1.807, 2.05) is 13.8 Å². The van der Waals surface area contributed by atoms with Crippen molar-refractivity contribution in [3.63, 3.8) is 0 Å². The van der Waals surface area contributed by atoms with Crippen molar-refractivity contribution < 1.29 is 4.79 Å². The largest absolute Gasteiger partial charge is 0.382 e. The number of nitrogens with zero attached hydrogens (tertiary/aromatic N) is 1. The monoisotopic (exact) mass is 268 g/mol. The van der Waals surface area contributed by atoms with Gasteiger partial charge in [0.2, 0.25) is 0 Å².